The number of nitrogens with one attached hydrogen (secondary N) is 1. The van der Waals surface area contributed by atoms with Crippen molar-refractivity contribution in [3.63, 3.8) is 0 Å². The summed E-state index contributed by atoms with van der Waals surface area (Å²) in [6, 6.07) is 11.5. The van der Waals surface area contributed by atoms with Crippen molar-refractivity contribution < 1.29 is 27.5 Å². The van der Waals surface area contributed by atoms with Gasteiger partial charge < -0.3 is 10.1 Å². The van der Waals surface area contributed by atoms with Crippen LogP contribution in [0.5, 0.6) is 5.75 Å². The van der Waals surface area contributed by atoms with Crippen LogP contribution < -0.4 is 15.1 Å². The quantitative estimate of drug-likeness (QED) is 0.699. The summed E-state index contributed by atoms with van der Waals surface area (Å²) < 4.78 is 42.6. The van der Waals surface area contributed by atoms with E-state index in [0.717, 1.165) is 5.01 Å². The number of hydrogen-bond acceptors (Lipinski definition) is 4. The summed E-state index contributed by atoms with van der Waals surface area (Å²) in [5.41, 5.74) is 1.20. The number of ether oxygens (including phenoxy) is 1. The van der Waals surface area contributed by atoms with Gasteiger partial charge in [0.2, 0.25) is 5.91 Å². The van der Waals surface area contributed by atoms with E-state index < -0.39 is 30.2 Å². The predicted octanol–water partition coefficient (Wildman–Crippen LogP) is 4.60. The van der Waals surface area contributed by atoms with E-state index in [4.69, 9.17) is 0 Å². The van der Waals surface area contributed by atoms with Gasteiger partial charge in [0.25, 0.3) is 5.91 Å². The molecule has 9 heteroatoms. The average Bonchev–Trinajstić information content (AvgIpc) is 3.01. The second-order valence-corrected chi connectivity index (χ2v) is 6.40. The van der Waals surface area contributed by atoms with Gasteiger partial charge in [-0.15, -0.1) is 0 Å². The lowest BCUT2D eigenvalue weighted by atomic mass is 10.0. The molecular formula is C21H18F3N3O3. The van der Waals surface area contributed by atoms with E-state index >= 15 is 0 Å². The highest BCUT2D eigenvalue weighted by molar-refractivity contribution is 6.28. The number of amides is 2. The van der Waals surface area contributed by atoms with Gasteiger partial charge in [0.05, 0.1) is 11.4 Å². The number of hydrazone groups is 1. The first kappa shape index (κ1) is 21.1. The number of halogens is 3. The molecule has 1 unspecified atom stereocenters. The summed E-state index contributed by atoms with van der Waals surface area (Å²) in [5, 5.41) is 7.75. The molecule has 2 aromatic carbocycles. The van der Waals surface area contributed by atoms with Crippen LogP contribution in [0.4, 0.5) is 24.5 Å². The van der Waals surface area contributed by atoms with Gasteiger partial charge in [-0.25, -0.2) is 4.39 Å². The molecule has 1 atom stereocenters. The van der Waals surface area contributed by atoms with Crippen molar-refractivity contribution in [1.29, 1.82) is 0 Å². The van der Waals surface area contributed by atoms with E-state index in [2.05, 4.69) is 15.2 Å². The molecule has 3 rings (SSSR count). The maximum atomic E-state index is 13.8. The van der Waals surface area contributed by atoms with Crippen LogP contribution in [0.3, 0.4) is 0 Å². The number of carbonyl (C=O) groups is 2. The summed E-state index contributed by atoms with van der Waals surface area (Å²) in [7, 11) is 0. The molecule has 0 fully saturated rings. The van der Waals surface area contributed by atoms with Crippen molar-refractivity contribution in [3.8, 4) is 5.75 Å². The summed E-state index contributed by atoms with van der Waals surface area (Å²) in [6.07, 6.45) is 1.30. The summed E-state index contributed by atoms with van der Waals surface area (Å²) in [5.74, 6) is -2.88. The van der Waals surface area contributed by atoms with Crippen molar-refractivity contribution in [2.24, 2.45) is 11.0 Å². The van der Waals surface area contributed by atoms with Crippen LogP contribution in [0.1, 0.15) is 19.4 Å². The van der Waals surface area contributed by atoms with Crippen molar-refractivity contribution in [2.45, 2.75) is 20.5 Å². The Morgan fingerprint density at radius 1 is 1.23 bits per heavy atom. The molecule has 0 saturated carbocycles. The molecule has 0 radical (unpaired) electrons. The standard InChI is InChI=1S/C21H18F3N3O3/c1-3-17(22)13-5-4-6-14(11-13)25-19(28)18-12(2)26-27(20(18)29)15-7-9-16(10-8-15)30-21(23)24/h3-11,18,21H,1-2H3,(H,25,28)/b17-3+. The van der Waals surface area contributed by atoms with Gasteiger partial charge in [-0.05, 0) is 50.2 Å². The first-order valence-corrected chi connectivity index (χ1v) is 8.97. The zero-order valence-electron chi connectivity index (χ0n) is 16.1. The van der Waals surface area contributed by atoms with Gasteiger partial charge in [0.15, 0.2) is 5.92 Å². The number of nitrogens with zero attached hydrogens (tertiary/aromatic N) is 2. The summed E-state index contributed by atoms with van der Waals surface area (Å²) >= 11 is 0. The lowest BCUT2D eigenvalue weighted by Gasteiger charge is -2.15. The molecule has 6 nitrogen and oxygen atoms in total. The Morgan fingerprint density at radius 3 is 2.57 bits per heavy atom. The number of benzene rings is 2. The molecule has 1 aliphatic heterocycles. The minimum Gasteiger partial charge on any atom is -0.435 e. The molecule has 0 bridgehead atoms. The Labute approximate surface area is 170 Å². The number of rotatable bonds is 6. The normalized spacial score (nSPS) is 16.7. The first-order valence-electron chi connectivity index (χ1n) is 8.97. The van der Waals surface area contributed by atoms with E-state index in [1.165, 1.54) is 43.3 Å². The van der Waals surface area contributed by atoms with Crippen LogP contribution >= 0.6 is 0 Å². The van der Waals surface area contributed by atoms with E-state index in [1.54, 1.807) is 25.1 Å². The zero-order chi connectivity index (χ0) is 21.8. The van der Waals surface area contributed by atoms with Gasteiger partial charge in [-0.1, -0.05) is 18.2 Å². The van der Waals surface area contributed by atoms with E-state index in [1.807, 2.05) is 0 Å². The molecule has 0 spiro atoms. The molecule has 0 aliphatic carbocycles. The topological polar surface area (TPSA) is 71.0 Å². The molecule has 1 N–H and O–H groups in total. The second kappa shape index (κ2) is 8.81. The third-order valence-electron chi connectivity index (χ3n) is 4.36. The predicted molar refractivity (Wildman–Crippen MR) is 107 cm³/mol. The number of alkyl halides is 2. The van der Waals surface area contributed by atoms with Crippen LogP contribution in [0.25, 0.3) is 5.83 Å². The minimum atomic E-state index is -2.96. The maximum Gasteiger partial charge on any atom is 0.387 e. The summed E-state index contributed by atoms with van der Waals surface area (Å²) in [6.45, 7) is 0.127. The highest BCUT2D eigenvalue weighted by Gasteiger charge is 2.39. The first-order chi connectivity index (χ1) is 14.3. The second-order valence-electron chi connectivity index (χ2n) is 6.40. The Kier molecular flexibility index (Phi) is 6.20. The van der Waals surface area contributed by atoms with Gasteiger partial charge in [-0.2, -0.15) is 18.9 Å². The lowest BCUT2D eigenvalue weighted by molar-refractivity contribution is -0.127. The monoisotopic (exact) mass is 417 g/mol. The highest BCUT2D eigenvalue weighted by Crippen LogP contribution is 2.27. The molecule has 0 aromatic heterocycles. The highest BCUT2D eigenvalue weighted by atomic mass is 19.3. The SMILES string of the molecule is C/C=C(/F)c1cccc(NC(=O)C2C(=O)N(c3ccc(OC(F)F)cc3)N=C2C)c1. The molecule has 156 valence electrons. The van der Waals surface area contributed by atoms with Crippen LogP contribution in [0, 0.1) is 5.92 Å². The maximum absolute atomic E-state index is 13.8. The molecular weight excluding hydrogens is 399 g/mol. The Hall–Kier alpha value is -3.62. The van der Waals surface area contributed by atoms with Crippen molar-refractivity contribution in [1.82, 2.24) is 0 Å². The summed E-state index contributed by atoms with van der Waals surface area (Å²) in [4.78, 5) is 25.4. The van der Waals surface area contributed by atoms with Crippen molar-refractivity contribution in [2.75, 3.05) is 10.3 Å². The fraction of sp³-hybridized carbons (Fsp3) is 0.190. The fourth-order valence-electron chi connectivity index (χ4n) is 2.95. The fourth-order valence-corrected chi connectivity index (χ4v) is 2.95. The largest absolute Gasteiger partial charge is 0.435 e. The van der Waals surface area contributed by atoms with Gasteiger partial charge in [0.1, 0.15) is 11.6 Å². The van der Waals surface area contributed by atoms with Crippen molar-refractivity contribution >= 4 is 34.7 Å². The van der Waals surface area contributed by atoms with Gasteiger partial charge in [0, 0.05) is 11.3 Å². The number of allylic oxidation sites excluding steroid dienone is 1. The number of hydrogen-bond donors (Lipinski definition) is 1. The minimum absolute atomic E-state index is 0.0661. The third-order valence-corrected chi connectivity index (χ3v) is 4.36. The molecule has 1 aliphatic rings. The van der Waals surface area contributed by atoms with E-state index in [9.17, 15) is 22.8 Å². The number of carbonyl (C=O) groups excluding carboxylic acids is 2. The van der Waals surface area contributed by atoms with Crippen LogP contribution in [-0.2, 0) is 9.59 Å². The lowest BCUT2D eigenvalue weighted by Crippen LogP contribution is -2.36. The number of anilines is 2. The van der Waals surface area contributed by atoms with Gasteiger partial charge >= 0.3 is 6.61 Å². The smallest absolute Gasteiger partial charge is 0.387 e. The molecule has 2 aromatic rings. The Bertz CT molecular complexity index is 1020. The average molecular weight is 417 g/mol. The molecule has 0 saturated heterocycles. The van der Waals surface area contributed by atoms with Crippen LogP contribution in [0.2, 0.25) is 0 Å². The molecule has 2 amide bonds. The van der Waals surface area contributed by atoms with E-state index in [-0.39, 0.29) is 11.5 Å². The third kappa shape index (κ3) is 4.51. The zero-order valence-corrected chi connectivity index (χ0v) is 16.1. The van der Waals surface area contributed by atoms with Gasteiger partial charge in [-0.3, -0.25) is 9.59 Å². The molecule has 1 heterocycles. The Balaban J connectivity index is 1.74. The Morgan fingerprint density at radius 2 is 1.93 bits per heavy atom. The van der Waals surface area contributed by atoms with Crippen LogP contribution in [-0.4, -0.2) is 24.1 Å². The molecule has 30 heavy (non-hydrogen) atoms. The van der Waals surface area contributed by atoms with E-state index in [0.29, 0.717) is 16.9 Å². The van der Waals surface area contributed by atoms with Crippen molar-refractivity contribution in [3.05, 3.63) is 60.2 Å². The van der Waals surface area contributed by atoms with Crippen LogP contribution in [0.15, 0.2) is 59.7 Å².